The van der Waals surface area contributed by atoms with E-state index in [1.54, 1.807) is 24.3 Å². The molecule has 2 aromatic carbocycles. The second-order valence-corrected chi connectivity index (χ2v) is 12.1. The standard InChI is InChI=1S/C19H19ClN2O4S3/c1-13(2)14-3-7-16(8-4-14)28(23,24)17-9-5-15(6-10-17)21-22-29(25,26)19-12-11-18(20)27-19/h3-13,21-22H,1-2H3. The van der Waals surface area contributed by atoms with Gasteiger partial charge in [-0.1, -0.05) is 37.6 Å². The summed E-state index contributed by atoms with van der Waals surface area (Å²) < 4.78 is 50.4. The van der Waals surface area contributed by atoms with Crippen molar-refractivity contribution in [2.45, 2.75) is 33.8 Å². The molecule has 3 aromatic rings. The van der Waals surface area contributed by atoms with Gasteiger partial charge in [0.25, 0.3) is 10.0 Å². The zero-order valence-electron chi connectivity index (χ0n) is 15.6. The maximum atomic E-state index is 12.8. The van der Waals surface area contributed by atoms with Crippen LogP contribution in [0.4, 0.5) is 5.69 Å². The molecule has 0 radical (unpaired) electrons. The molecule has 0 fully saturated rings. The van der Waals surface area contributed by atoms with Gasteiger partial charge in [-0.3, -0.25) is 0 Å². The number of sulfonamides is 1. The van der Waals surface area contributed by atoms with Crippen molar-refractivity contribution >= 4 is 48.5 Å². The summed E-state index contributed by atoms with van der Waals surface area (Å²) in [5.41, 5.74) is 4.01. The monoisotopic (exact) mass is 470 g/mol. The van der Waals surface area contributed by atoms with Crippen molar-refractivity contribution in [3.63, 3.8) is 0 Å². The van der Waals surface area contributed by atoms with E-state index < -0.39 is 19.9 Å². The highest BCUT2D eigenvalue weighted by Gasteiger charge is 2.19. The average molecular weight is 471 g/mol. The van der Waals surface area contributed by atoms with E-state index in [4.69, 9.17) is 11.6 Å². The molecule has 6 nitrogen and oxygen atoms in total. The first-order chi connectivity index (χ1) is 13.6. The van der Waals surface area contributed by atoms with Gasteiger partial charge in [-0.05, 0) is 60.0 Å². The van der Waals surface area contributed by atoms with Crippen LogP contribution < -0.4 is 10.3 Å². The van der Waals surface area contributed by atoms with Crippen LogP contribution in [0, 0.1) is 0 Å². The molecule has 0 aliphatic rings. The van der Waals surface area contributed by atoms with Crippen molar-refractivity contribution in [1.82, 2.24) is 4.83 Å². The molecular formula is C19H19ClN2O4S3. The normalized spacial score (nSPS) is 12.3. The third-order valence-electron chi connectivity index (χ3n) is 4.16. The van der Waals surface area contributed by atoms with Crippen LogP contribution in [0.1, 0.15) is 25.3 Å². The third kappa shape index (κ3) is 4.99. The smallest absolute Gasteiger partial charge is 0.266 e. The molecule has 0 amide bonds. The van der Waals surface area contributed by atoms with E-state index in [9.17, 15) is 16.8 Å². The summed E-state index contributed by atoms with van der Waals surface area (Å²) >= 11 is 6.70. The lowest BCUT2D eigenvalue weighted by Crippen LogP contribution is -2.28. The number of hydrogen-bond acceptors (Lipinski definition) is 6. The van der Waals surface area contributed by atoms with Crippen molar-refractivity contribution in [2.75, 3.05) is 5.43 Å². The van der Waals surface area contributed by atoms with Crippen LogP contribution >= 0.6 is 22.9 Å². The summed E-state index contributed by atoms with van der Waals surface area (Å²) in [6, 6.07) is 15.5. The Morgan fingerprint density at radius 3 is 1.86 bits per heavy atom. The highest BCUT2D eigenvalue weighted by molar-refractivity contribution is 7.92. The lowest BCUT2D eigenvalue weighted by Gasteiger charge is -2.10. The van der Waals surface area contributed by atoms with E-state index in [0.29, 0.717) is 15.9 Å². The van der Waals surface area contributed by atoms with Gasteiger partial charge < -0.3 is 5.43 Å². The molecule has 0 unspecified atom stereocenters. The van der Waals surface area contributed by atoms with Gasteiger partial charge in [0.2, 0.25) is 9.84 Å². The molecule has 10 heteroatoms. The maximum absolute atomic E-state index is 12.8. The summed E-state index contributed by atoms with van der Waals surface area (Å²) in [7, 11) is -7.44. The molecule has 2 N–H and O–H groups in total. The van der Waals surface area contributed by atoms with Gasteiger partial charge in [0, 0.05) is 5.69 Å². The number of hydrazine groups is 1. The zero-order chi connectivity index (χ0) is 21.2. The Kier molecular flexibility index (Phi) is 6.35. The Bertz CT molecular complexity index is 1200. The van der Waals surface area contributed by atoms with Gasteiger partial charge in [0.1, 0.15) is 4.21 Å². The minimum absolute atomic E-state index is 0.0686. The molecule has 0 spiro atoms. The van der Waals surface area contributed by atoms with Crippen LogP contribution in [0.15, 0.2) is 74.7 Å². The predicted octanol–water partition coefficient (Wildman–Crippen LogP) is 4.66. The van der Waals surface area contributed by atoms with Crippen LogP contribution in [0.3, 0.4) is 0 Å². The molecule has 1 aromatic heterocycles. The number of anilines is 1. The third-order valence-corrected chi connectivity index (χ3v) is 8.92. The SMILES string of the molecule is CC(C)c1ccc(S(=O)(=O)c2ccc(NNS(=O)(=O)c3ccc(Cl)s3)cc2)cc1. The van der Waals surface area contributed by atoms with Crippen LogP contribution in [0.25, 0.3) is 0 Å². The van der Waals surface area contributed by atoms with E-state index in [2.05, 4.69) is 10.3 Å². The molecule has 29 heavy (non-hydrogen) atoms. The Morgan fingerprint density at radius 2 is 1.38 bits per heavy atom. The molecule has 154 valence electrons. The van der Waals surface area contributed by atoms with Crippen molar-refractivity contribution in [1.29, 1.82) is 0 Å². The van der Waals surface area contributed by atoms with Crippen molar-refractivity contribution < 1.29 is 16.8 Å². The Morgan fingerprint density at radius 1 is 0.828 bits per heavy atom. The number of hydrogen-bond donors (Lipinski definition) is 2. The van der Waals surface area contributed by atoms with Gasteiger partial charge in [-0.2, -0.15) is 0 Å². The van der Waals surface area contributed by atoms with E-state index >= 15 is 0 Å². The molecule has 0 saturated carbocycles. The number of rotatable bonds is 7. The summed E-state index contributed by atoms with van der Waals surface area (Å²) in [4.78, 5) is 2.56. The van der Waals surface area contributed by atoms with Gasteiger partial charge >= 0.3 is 0 Å². The van der Waals surface area contributed by atoms with E-state index in [1.807, 2.05) is 13.8 Å². The van der Waals surface area contributed by atoms with Gasteiger partial charge in [0.15, 0.2) is 0 Å². The molecule has 0 aliphatic carbocycles. The van der Waals surface area contributed by atoms with Crippen LogP contribution in [-0.4, -0.2) is 16.8 Å². The molecule has 1 heterocycles. The van der Waals surface area contributed by atoms with E-state index in [1.165, 1.54) is 36.4 Å². The first kappa shape index (κ1) is 21.8. The summed E-state index contributed by atoms with van der Waals surface area (Å²) in [5.74, 6) is 0.311. The minimum atomic E-state index is -3.78. The van der Waals surface area contributed by atoms with Crippen LogP contribution in [0.5, 0.6) is 0 Å². The van der Waals surface area contributed by atoms with Gasteiger partial charge in [-0.15, -0.1) is 16.2 Å². The zero-order valence-corrected chi connectivity index (χ0v) is 18.8. The number of benzene rings is 2. The van der Waals surface area contributed by atoms with Crippen LogP contribution in [0.2, 0.25) is 4.34 Å². The predicted molar refractivity (Wildman–Crippen MR) is 116 cm³/mol. The molecule has 0 bridgehead atoms. The molecule has 0 aliphatic heterocycles. The Balaban J connectivity index is 1.74. The largest absolute Gasteiger partial charge is 0.308 e. The minimum Gasteiger partial charge on any atom is -0.308 e. The summed E-state index contributed by atoms with van der Waals surface area (Å²) in [6.45, 7) is 4.08. The second kappa shape index (κ2) is 8.45. The van der Waals surface area contributed by atoms with Crippen molar-refractivity contribution in [2.24, 2.45) is 0 Å². The fraction of sp³-hybridized carbons (Fsp3) is 0.158. The summed E-state index contributed by atoms with van der Waals surface area (Å²) in [5, 5.41) is 0. The first-order valence-electron chi connectivity index (χ1n) is 8.58. The van der Waals surface area contributed by atoms with Crippen LogP contribution in [-0.2, 0) is 19.9 Å². The molecule has 0 saturated heterocycles. The van der Waals surface area contributed by atoms with Crippen molar-refractivity contribution in [3.05, 3.63) is 70.6 Å². The highest BCUT2D eigenvalue weighted by atomic mass is 35.5. The van der Waals surface area contributed by atoms with Gasteiger partial charge in [-0.25, -0.2) is 16.8 Å². The highest BCUT2D eigenvalue weighted by Crippen LogP contribution is 2.26. The number of thiophene rings is 1. The average Bonchev–Trinajstić information content (AvgIpc) is 3.14. The van der Waals surface area contributed by atoms with Crippen molar-refractivity contribution in [3.8, 4) is 0 Å². The molecule has 0 atom stereocenters. The number of sulfone groups is 1. The first-order valence-corrected chi connectivity index (χ1v) is 12.7. The molecular weight excluding hydrogens is 452 g/mol. The fourth-order valence-electron chi connectivity index (χ4n) is 2.50. The van der Waals surface area contributed by atoms with Gasteiger partial charge in [0.05, 0.1) is 14.1 Å². The maximum Gasteiger partial charge on any atom is 0.266 e. The summed E-state index contributed by atoms with van der Waals surface area (Å²) in [6.07, 6.45) is 0. The number of halogens is 1. The lowest BCUT2D eigenvalue weighted by atomic mass is 10.0. The second-order valence-electron chi connectivity index (χ2n) is 6.54. The van der Waals surface area contributed by atoms with E-state index in [0.717, 1.165) is 16.9 Å². The Hall–Kier alpha value is -1.91. The molecule has 3 rings (SSSR count). The lowest BCUT2D eigenvalue weighted by molar-refractivity contribution is 0.589. The fourth-order valence-corrected chi connectivity index (χ4v) is 6.11. The quantitative estimate of drug-likeness (QED) is 0.490. The Labute approximate surface area is 179 Å². The topological polar surface area (TPSA) is 92.3 Å². The van der Waals surface area contributed by atoms with E-state index in [-0.39, 0.29) is 14.0 Å². The number of nitrogens with one attached hydrogen (secondary N) is 2.